The molecular formula is C20H21N3O3S2. The molecular weight excluding hydrogens is 394 g/mol. The maximum Gasteiger partial charge on any atom is 0.232 e. The number of carbonyl (C=O) groups excluding carboxylic acids is 1. The molecule has 6 nitrogen and oxygen atoms in total. The highest BCUT2D eigenvalue weighted by molar-refractivity contribution is 7.99. The first-order valence-electron chi connectivity index (χ1n) is 9.10. The van der Waals surface area contributed by atoms with Gasteiger partial charge in [-0.25, -0.2) is 13.4 Å². The molecule has 1 aliphatic heterocycles. The zero-order valence-corrected chi connectivity index (χ0v) is 17.4. The summed E-state index contributed by atoms with van der Waals surface area (Å²) in [6, 6.07) is 13.2. The van der Waals surface area contributed by atoms with Crippen molar-refractivity contribution in [1.29, 1.82) is 0 Å². The maximum atomic E-state index is 12.7. The lowest BCUT2D eigenvalue weighted by Gasteiger charge is -2.16. The summed E-state index contributed by atoms with van der Waals surface area (Å²) in [6.45, 7) is 3.28. The van der Waals surface area contributed by atoms with Crippen LogP contribution in [0.4, 0.5) is 5.69 Å². The van der Waals surface area contributed by atoms with Crippen molar-refractivity contribution in [3.05, 3.63) is 53.6 Å². The third-order valence-corrected chi connectivity index (χ3v) is 7.08. The number of aryl methyl sites for hydroxylation is 1. The largest absolute Gasteiger partial charge is 0.319 e. The fraction of sp³-hybridized carbons (Fsp3) is 0.300. The van der Waals surface area contributed by atoms with Gasteiger partial charge in [0, 0.05) is 18.7 Å². The molecule has 2 aromatic carbocycles. The van der Waals surface area contributed by atoms with E-state index >= 15 is 0 Å². The van der Waals surface area contributed by atoms with Gasteiger partial charge < -0.3 is 4.57 Å². The second kappa shape index (κ2) is 7.25. The third kappa shape index (κ3) is 3.42. The summed E-state index contributed by atoms with van der Waals surface area (Å²) in [4.78, 5) is 17.4. The van der Waals surface area contributed by atoms with Crippen LogP contribution in [0.2, 0.25) is 0 Å². The van der Waals surface area contributed by atoms with Crippen LogP contribution in [0.3, 0.4) is 0 Å². The Bertz CT molecular complexity index is 1170. The van der Waals surface area contributed by atoms with Crippen molar-refractivity contribution in [2.45, 2.75) is 25.0 Å². The lowest BCUT2D eigenvalue weighted by atomic mass is 10.1. The van der Waals surface area contributed by atoms with Crippen molar-refractivity contribution < 1.29 is 13.2 Å². The molecule has 0 bridgehead atoms. The number of hydrogen-bond acceptors (Lipinski definition) is 5. The van der Waals surface area contributed by atoms with E-state index in [1.54, 1.807) is 12.1 Å². The van der Waals surface area contributed by atoms with Crippen LogP contribution in [0.15, 0.2) is 47.6 Å². The van der Waals surface area contributed by atoms with E-state index in [-0.39, 0.29) is 11.5 Å². The van der Waals surface area contributed by atoms with E-state index in [1.807, 2.05) is 30.3 Å². The minimum Gasteiger partial charge on any atom is -0.319 e. The average Bonchev–Trinajstić information content (AvgIpc) is 3.26. The van der Waals surface area contributed by atoms with E-state index in [0.29, 0.717) is 24.2 Å². The molecule has 28 heavy (non-hydrogen) atoms. The van der Waals surface area contributed by atoms with Crippen molar-refractivity contribution in [3.63, 3.8) is 0 Å². The molecule has 0 unspecified atom stereocenters. The first kappa shape index (κ1) is 19.0. The smallest absolute Gasteiger partial charge is 0.232 e. The molecule has 1 aliphatic rings. The lowest BCUT2D eigenvalue weighted by molar-refractivity contribution is 0.102. The number of fused-ring (bicyclic) bond motifs is 2. The Kier molecular flexibility index (Phi) is 4.93. The van der Waals surface area contributed by atoms with Crippen LogP contribution in [0.5, 0.6) is 0 Å². The number of anilines is 1. The molecule has 0 saturated carbocycles. The molecule has 2 heterocycles. The number of para-hydroxylation sites is 2. The normalized spacial score (nSPS) is 13.9. The number of benzene rings is 2. The number of Topliss-reactive ketones (excluding diaryl/α,β-unsaturated/α-hetero) is 1. The summed E-state index contributed by atoms with van der Waals surface area (Å²) >= 11 is 1.43. The van der Waals surface area contributed by atoms with Crippen LogP contribution in [0.25, 0.3) is 11.0 Å². The highest BCUT2D eigenvalue weighted by atomic mass is 32.2. The second-order valence-electron chi connectivity index (χ2n) is 6.77. The van der Waals surface area contributed by atoms with E-state index in [0.717, 1.165) is 28.3 Å². The number of aromatic nitrogens is 2. The third-order valence-electron chi connectivity index (χ3n) is 4.92. The van der Waals surface area contributed by atoms with Crippen molar-refractivity contribution in [2.75, 3.05) is 22.9 Å². The van der Waals surface area contributed by atoms with Crippen LogP contribution in [0, 0.1) is 0 Å². The Balaban J connectivity index is 1.53. The second-order valence-corrected chi connectivity index (χ2v) is 9.62. The van der Waals surface area contributed by atoms with E-state index in [2.05, 4.69) is 16.5 Å². The predicted octanol–water partition coefficient (Wildman–Crippen LogP) is 3.35. The number of carbonyl (C=O) groups is 1. The van der Waals surface area contributed by atoms with Gasteiger partial charge in [0.15, 0.2) is 10.9 Å². The number of thioether (sulfide) groups is 1. The van der Waals surface area contributed by atoms with Crippen LogP contribution in [-0.2, 0) is 23.0 Å². The molecule has 4 rings (SSSR count). The molecule has 3 aromatic rings. The first-order chi connectivity index (χ1) is 13.4. The van der Waals surface area contributed by atoms with E-state index in [9.17, 15) is 13.2 Å². The fourth-order valence-corrected chi connectivity index (χ4v) is 5.50. The molecule has 0 radical (unpaired) electrons. The van der Waals surface area contributed by atoms with Crippen LogP contribution in [0.1, 0.15) is 22.8 Å². The number of hydrogen-bond donors (Lipinski definition) is 0. The van der Waals surface area contributed by atoms with Gasteiger partial charge in [0.25, 0.3) is 0 Å². The molecule has 0 spiro atoms. The van der Waals surface area contributed by atoms with Gasteiger partial charge in [0.1, 0.15) is 0 Å². The van der Waals surface area contributed by atoms with E-state index in [4.69, 9.17) is 0 Å². The molecule has 0 aliphatic carbocycles. The van der Waals surface area contributed by atoms with Gasteiger partial charge in [-0.05, 0) is 49.2 Å². The highest BCUT2D eigenvalue weighted by Gasteiger charge is 2.26. The molecule has 1 aromatic heterocycles. The number of imidazole rings is 1. The lowest BCUT2D eigenvalue weighted by Crippen LogP contribution is -2.27. The number of ketones is 1. The Hall–Kier alpha value is -2.32. The minimum absolute atomic E-state index is 0.0142. The molecule has 0 fully saturated rings. The highest BCUT2D eigenvalue weighted by Crippen LogP contribution is 2.31. The van der Waals surface area contributed by atoms with E-state index < -0.39 is 10.0 Å². The molecule has 0 N–H and O–H groups in total. The summed E-state index contributed by atoms with van der Waals surface area (Å²) in [5.74, 6) is 0.304. The Labute approximate surface area is 168 Å². The van der Waals surface area contributed by atoms with Crippen LogP contribution >= 0.6 is 11.8 Å². The topological polar surface area (TPSA) is 72.3 Å². The summed E-state index contributed by atoms with van der Waals surface area (Å²) in [5, 5.41) is 0.835. The van der Waals surface area contributed by atoms with Gasteiger partial charge >= 0.3 is 0 Å². The minimum atomic E-state index is -3.28. The monoisotopic (exact) mass is 415 g/mol. The number of nitrogens with zero attached hydrogens (tertiary/aromatic N) is 3. The summed E-state index contributed by atoms with van der Waals surface area (Å²) in [6.07, 6.45) is 1.83. The standard InChI is InChI=1S/C20H21N3O3S2/c1-3-22-18-7-5-4-6-16(18)21-20(22)27-13-19(24)15-8-9-17-14(12-15)10-11-23(17)28(2,25)26/h4-9,12H,3,10-11,13H2,1-2H3. The SMILES string of the molecule is CCn1c(SCC(=O)c2ccc3c(c2)CCN3S(C)(=O)=O)nc2ccccc21. The molecule has 0 saturated heterocycles. The van der Waals surface area contributed by atoms with Crippen LogP contribution in [-0.4, -0.2) is 42.3 Å². The zero-order chi connectivity index (χ0) is 19.9. The van der Waals surface area contributed by atoms with Gasteiger partial charge in [-0.1, -0.05) is 23.9 Å². The van der Waals surface area contributed by atoms with Crippen molar-refractivity contribution in [3.8, 4) is 0 Å². The van der Waals surface area contributed by atoms with Gasteiger partial charge in [0.05, 0.1) is 28.7 Å². The number of rotatable bonds is 6. The van der Waals surface area contributed by atoms with Crippen LogP contribution < -0.4 is 4.31 Å². The Morgan fingerprint density at radius 3 is 2.75 bits per heavy atom. The Morgan fingerprint density at radius 1 is 1.21 bits per heavy atom. The predicted molar refractivity (Wildman–Crippen MR) is 113 cm³/mol. The summed E-state index contributed by atoms with van der Waals surface area (Å²) in [5.41, 5.74) is 4.19. The molecule has 0 atom stereocenters. The van der Waals surface area contributed by atoms with Gasteiger partial charge in [-0.3, -0.25) is 9.10 Å². The number of sulfonamides is 1. The van der Waals surface area contributed by atoms with Gasteiger partial charge in [0.2, 0.25) is 10.0 Å². The summed E-state index contributed by atoms with van der Waals surface area (Å²) in [7, 11) is -3.28. The fourth-order valence-electron chi connectivity index (χ4n) is 3.57. The Morgan fingerprint density at radius 2 is 2.00 bits per heavy atom. The van der Waals surface area contributed by atoms with E-state index in [1.165, 1.54) is 22.3 Å². The molecule has 8 heteroatoms. The van der Waals surface area contributed by atoms with Gasteiger partial charge in [-0.2, -0.15) is 0 Å². The van der Waals surface area contributed by atoms with Gasteiger partial charge in [-0.15, -0.1) is 0 Å². The maximum absolute atomic E-state index is 12.7. The first-order valence-corrected chi connectivity index (χ1v) is 11.9. The quantitative estimate of drug-likeness (QED) is 0.456. The zero-order valence-electron chi connectivity index (χ0n) is 15.8. The average molecular weight is 416 g/mol. The van der Waals surface area contributed by atoms with Crippen molar-refractivity contribution in [1.82, 2.24) is 9.55 Å². The molecule has 0 amide bonds. The molecule has 146 valence electrons. The van der Waals surface area contributed by atoms with Crippen molar-refractivity contribution >= 4 is 44.3 Å². The van der Waals surface area contributed by atoms with Crippen molar-refractivity contribution in [2.24, 2.45) is 0 Å². The summed E-state index contributed by atoms with van der Waals surface area (Å²) < 4.78 is 27.2.